The van der Waals surface area contributed by atoms with E-state index >= 15 is 0 Å². The highest BCUT2D eigenvalue weighted by molar-refractivity contribution is 9.10. The molecule has 0 saturated carbocycles. The van der Waals surface area contributed by atoms with Gasteiger partial charge in [0.15, 0.2) is 0 Å². The maximum atomic E-state index is 12.9. The van der Waals surface area contributed by atoms with Crippen LogP contribution in [-0.4, -0.2) is 19.3 Å². The Kier molecular flexibility index (Phi) is 4.40. The fraction of sp³-hybridized carbons (Fsp3) is 0.538. The average Bonchev–Trinajstić information content (AvgIpc) is 2.70. The van der Waals surface area contributed by atoms with Crippen molar-refractivity contribution in [3.8, 4) is 0 Å². The van der Waals surface area contributed by atoms with E-state index < -0.39 is 11.7 Å². The number of hydrogen-bond acceptors (Lipinski definition) is 2. The summed E-state index contributed by atoms with van der Waals surface area (Å²) in [6.45, 7) is 3.11. The smallest absolute Gasteiger partial charge is 0.384 e. The molecule has 0 aliphatic carbocycles. The van der Waals surface area contributed by atoms with E-state index in [1.54, 1.807) is 0 Å². The van der Waals surface area contributed by atoms with E-state index in [1.807, 2.05) is 6.92 Å². The van der Waals surface area contributed by atoms with Gasteiger partial charge in [0.2, 0.25) is 0 Å². The number of rotatable bonds is 3. The Balaban J connectivity index is 2.12. The number of anilines is 1. The van der Waals surface area contributed by atoms with E-state index in [-0.39, 0.29) is 17.7 Å². The molecule has 2 rings (SSSR count). The van der Waals surface area contributed by atoms with Crippen molar-refractivity contribution in [3.63, 3.8) is 0 Å². The van der Waals surface area contributed by atoms with Gasteiger partial charge < -0.3 is 10.1 Å². The summed E-state index contributed by atoms with van der Waals surface area (Å²) in [5, 5.41) is 2.90. The SMILES string of the molecule is CC1OCCC1CNc1cc(Br)ccc1C(F)(F)F. The lowest BCUT2D eigenvalue weighted by molar-refractivity contribution is -0.137. The van der Waals surface area contributed by atoms with Gasteiger partial charge >= 0.3 is 6.18 Å². The summed E-state index contributed by atoms with van der Waals surface area (Å²) in [6.07, 6.45) is -3.38. The van der Waals surface area contributed by atoms with Crippen molar-refractivity contribution in [2.45, 2.75) is 25.6 Å². The van der Waals surface area contributed by atoms with Gasteiger partial charge in [0, 0.05) is 29.2 Å². The van der Waals surface area contributed by atoms with E-state index in [4.69, 9.17) is 4.74 Å². The Morgan fingerprint density at radius 1 is 1.42 bits per heavy atom. The highest BCUT2D eigenvalue weighted by Crippen LogP contribution is 2.36. The summed E-state index contributed by atoms with van der Waals surface area (Å²) in [6, 6.07) is 3.94. The maximum absolute atomic E-state index is 12.9. The Hall–Kier alpha value is -0.750. The molecule has 19 heavy (non-hydrogen) atoms. The molecule has 1 aliphatic rings. The number of nitrogens with one attached hydrogen (secondary N) is 1. The minimum absolute atomic E-state index is 0.0917. The number of hydrogen-bond donors (Lipinski definition) is 1. The molecule has 1 heterocycles. The molecule has 1 aliphatic heterocycles. The van der Waals surface area contributed by atoms with Crippen LogP contribution in [0, 0.1) is 5.92 Å². The largest absolute Gasteiger partial charge is 0.418 e. The van der Waals surface area contributed by atoms with Crippen molar-refractivity contribution in [1.29, 1.82) is 0 Å². The van der Waals surface area contributed by atoms with Crippen molar-refractivity contribution in [2.75, 3.05) is 18.5 Å². The predicted molar refractivity (Wildman–Crippen MR) is 71.2 cm³/mol. The van der Waals surface area contributed by atoms with Crippen molar-refractivity contribution in [2.24, 2.45) is 5.92 Å². The van der Waals surface area contributed by atoms with Gasteiger partial charge in [-0.05, 0) is 31.5 Å². The zero-order valence-corrected chi connectivity index (χ0v) is 12.0. The molecular formula is C13H15BrF3NO. The third-order valence-corrected chi connectivity index (χ3v) is 3.87. The Bertz CT molecular complexity index is 450. The Morgan fingerprint density at radius 2 is 2.16 bits per heavy atom. The van der Waals surface area contributed by atoms with Crippen molar-refractivity contribution >= 4 is 21.6 Å². The van der Waals surface area contributed by atoms with E-state index in [1.165, 1.54) is 12.1 Å². The van der Waals surface area contributed by atoms with E-state index in [2.05, 4.69) is 21.2 Å². The summed E-state index contributed by atoms with van der Waals surface area (Å²) in [5.74, 6) is 0.250. The molecule has 2 unspecified atom stereocenters. The summed E-state index contributed by atoms with van der Waals surface area (Å²) in [7, 11) is 0. The first-order chi connectivity index (χ1) is 8.88. The van der Waals surface area contributed by atoms with E-state index in [0.29, 0.717) is 17.6 Å². The number of ether oxygens (including phenoxy) is 1. The number of halogens is 4. The van der Waals surface area contributed by atoms with E-state index in [9.17, 15) is 13.2 Å². The summed E-state index contributed by atoms with van der Waals surface area (Å²) in [5.41, 5.74) is -0.525. The molecule has 1 N–H and O–H groups in total. The highest BCUT2D eigenvalue weighted by Gasteiger charge is 2.34. The molecule has 0 aromatic heterocycles. The fourth-order valence-corrected chi connectivity index (χ4v) is 2.56. The standard InChI is InChI=1S/C13H15BrF3NO/c1-8-9(4-5-19-8)7-18-12-6-10(14)2-3-11(12)13(15,16)17/h2-3,6,8-9,18H,4-5,7H2,1H3. The van der Waals surface area contributed by atoms with Gasteiger partial charge in [-0.1, -0.05) is 15.9 Å². The average molecular weight is 338 g/mol. The highest BCUT2D eigenvalue weighted by atomic mass is 79.9. The summed E-state index contributed by atoms with van der Waals surface area (Å²) in [4.78, 5) is 0. The molecular weight excluding hydrogens is 323 g/mol. The topological polar surface area (TPSA) is 21.3 Å². The first kappa shape index (κ1) is 14.7. The maximum Gasteiger partial charge on any atom is 0.418 e. The van der Waals surface area contributed by atoms with Crippen LogP contribution in [0.4, 0.5) is 18.9 Å². The fourth-order valence-electron chi connectivity index (χ4n) is 2.20. The minimum Gasteiger partial charge on any atom is -0.384 e. The lowest BCUT2D eigenvalue weighted by Gasteiger charge is -2.19. The first-order valence-electron chi connectivity index (χ1n) is 6.10. The molecule has 0 bridgehead atoms. The Labute approximate surface area is 118 Å². The second-order valence-electron chi connectivity index (χ2n) is 4.69. The minimum atomic E-state index is -4.35. The van der Waals surface area contributed by atoms with Crippen LogP contribution in [0.15, 0.2) is 22.7 Å². The van der Waals surface area contributed by atoms with Crippen molar-refractivity contribution < 1.29 is 17.9 Å². The molecule has 1 aromatic carbocycles. The lowest BCUT2D eigenvalue weighted by atomic mass is 10.0. The van der Waals surface area contributed by atoms with Crippen LogP contribution in [-0.2, 0) is 10.9 Å². The molecule has 0 spiro atoms. The summed E-state index contributed by atoms with van der Waals surface area (Å²) >= 11 is 3.20. The van der Waals surface area contributed by atoms with Crippen LogP contribution >= 0.6 is 15.9 Å². The molecule has 2 nitrogen and oxygen atoms in total. The van der Waals surface area contributed by atoms with Gasteiger partial charge in [-0.15, -0.1) is 0 Å². The number of benzene rings is 1. The number of alkyl halides is 3. The lowest BCUT2D eigenvalue weighted by Crippen LogP contribution is -2.22. The normalized spacial score (nSPS) is 23.6. The van der Waals surface area contributed by atoms with Gasteiger partial charge in [0.1, 0.15) is 0 Å². The van der Waals surface area contributed by atoms with Crippen LogP contribution < -0.4 is 5.32 Å². The molecule has 2 atom stereocenters. The van der Waals surface area contributed by atoms with Crippen LogP contribution in [0.3, 0.4) is 0 Å². The van der Waals surface area contributed by atoms with Crippen molar-refractivity contribution in [1.82, 2.24) is 0 Å². The van der Waals surface area contributed by atoms with Gasteiger partial charge in [0.25, 0.3) is 0 Å². The van der Waals surface area contributed by atoms with E-state index in [0.717, 1.165) is 12.5 Å². The molecule has 106 valence electrons. The van der Waals surface area contributed by atoms with Gasteiger partial charge in [-0.25, -0.2) is 0 Å². The zero-order valence-electron chi connectivity index (χ0n) is 10.4. The molecule has 0 radical (unpaired) electrons. The molecule has 1 fully saturated rings. The van der Waals surface area contributed by atoms with Gasteiger partial charge in [-0.3, -0.25) is 0 Å². The van der Waals surface area contributed by atoms with Crippen LogP contribution in [0.25, 0.3) is 0 Å². The third kappa shape index (κ3) is 3.63. The van der Waals surface area contributed by atoms with Gasteiger partial charge in [0.05, 0.1) is 11.7 Å². The second kappa shape index (κ2) is 5.71. The van der Waals surface area contributed by atoms with Crippen LogP contribution in [0.5, 0.6) is 0 Å². The summed E-state index contributed by atoms with van der Waals surface area (Å²) < 4.78 is 44.7. The molecule has 6 heteroatoms. The molecule has 1 saturated heterocycles. The molecule has 0 amide bonds. The molecule has 1 aromatic rings. The Morgan fingerprint density at radius 3 is 2.74 bits per heavy atom. The predicted octanol–water partition coefficient (Wildman–Crippen LogP) is 4.30. The first-order valence-corrected chi connectivity index (χ1v) is 6.89. The second-order valence-corrected chi connectivity index (χ2v) is 5.61. The third-order valence-electron chi connectivity index (χ3n) is 3.37. The van der Waals surface area contributed by atoms with Crippen molar-refractivity contribution in [3.05, 3.63) is 28.2 Å². The monoisotopic (exact) mass is 337 g/mol. The quantitative estimate of drug-likeness (QED) is 0.887. The zero-order chi connectivity index (χ0) is 14.0. The van der Waals surface area contributed by atoms with Crippen LogP contribution in [0.1, 0.15) is 18.9 Å². The van der Waals surface area contributed by atoms with Crippen LogP contribution in [0.2, 0.25) is 0 Å². The van der Waals surface area contributed by atoms with Gasteiger partial charge in [-0.2, -0.15) is 13.2 Å².